The summed E-state index contributed by atoms with van der Waals surface area (Å²) in [5.41, 5.74) is 1.10. The molecule has 3 rings (SSSR count). The number of aromatic nitrogens is 2. The van der Waals surface area contributed by atoms with Crippen LogP contribution < -0.4 is 10.1 Å². The SMILES string of the molecule is Cl.O=[N+]([O-])c1ccc2nc(OCC3CCCCN3)cnc2c1. The van der Waals surface area contributed by atoms with Gasteiger partial charge in [-0.15, -0.1) is 12.4 Å². The summed E-state index contributed by atoms with van der Waals surface area (Å²) in [4.78, 5) is 18.8. The van der Waals surface area contributed by atoms with Crippen LogP contribution in [0.5, 0.6) is 5.88 Å². The molecule has 8 heteroatoms. The first-order valence-electron chi connectivity index (χ1n) is 7.00. The molecule has 1 atom stereocenters. The van der Waals surface area contributed by atoms with Crippen LogP contribution in [0.2, 0.25) is 0 Å². The zero-order chi connectivity index (χ0) is 14.7. The molecule has 7 nitrogen and oxygen atoms in total. The van der Waals surface area contributed by atoms with Crippen LogP contribution in [-0.2, 0) is 0 Å². The monoisotopic (exact) mass is 324 g/mol. The number of non-ortho nitro benzene ring substituents is 1. The second kappa shape index (κ2) is 7.33. The molecule has 1 fully saturated rings. The van der Waals surface area contributed by atoms with Crippen molar-refractivity contribution in [2.24, 2.45) is 0 Å². The van der Waals surface area contributed by atoms with Crippen molar-refractivity contribution in [2.45, 2.75) is 25.3 Å². The summed E-state index contributed by atoms with van der Waals surface area (Å²) in [6, 6.07) is 4.78. The maximum Gasteiger partial charge on any atom is 0.271 e. The second-order valence-corrected chi connectivity index (χ2v) is 5.10. The van der Waals surface area contributed by atoms with E-state index in [1.54, 1.807) is 6.07 Å². The van der Waals surface area contributed by atoms with Gasteiger partial charge in [0.1, 0.15) is 6.61 Å². The van der Waals surface area contributed by atoms with Crippen molar-refractivity contribution in [3.8, 4) is 5.88 Å². The number of piperidine rings is 1. The molecule has 1 N–H and O–H groups in total. The highest BCUT2D eigenvalue weighted by atomic mass is 35.5. The normalized spacial score (nSPS) is 17.7. The Morgan fingerprint density at radius 3 is 2.95 bits per heavy atom. The molecule has 2 aromatic rings. The molecule has 1 aromatic carbocycles. The highest BCUT2D eigenvalue weighted by Gasteiger charge is 2.14. The molecule has 0 spiro atoms. The van der Waals surface area contributed by atoms with Crippen molar-refractivity contribution in [2.75, 3.05) is 13.2 Å². The molecule has 22 heavy (non-hydrogen) atoms. The summed E-state index contributed by atoms with van der Waals surface area (Å²) < 4.78 is 5.66. The lowest BCUT2D eigenvalue weighted by molar-refractivity contribution is -0.384. The van der Waals surface area contributed by atoms with Gasteiger partial charge in [-0.2, -0.15) is 0 Å². The van der Waals surface area contributed by atoms with Gasteiger partial charge < -0.3 is 10.1 Å². The maximum atomic E-state index is 10.7. The number of nitrogens with zero attached hydrogens (tertiary/aromatic N) is 3. The number of benzene rings is 1. The van der Waals surface area contributed by atoms with Gasteiger partial charge in [0.05, 0.1) is 22.2 Å². The predicted molar refractivity (Wildman–Crippen MR) is 84.6 cm³/mol. The number of nitro groups is 1. The van der Waals surface area contributed by atoms with E-state index < -0.39 is 4.92 Å². The van der Waals surface area contributed by atoms with E-state index in [1.165, 1.54) is 31.2 Å². The number of nitrogens with one attached hydrogen (secondary N) is 1. The van der Waals surface area contributed by atoms with E-state index in [-0.39, 0.29) is 18.1 Å². The molecular formula is C14H17ClN4O3. The third kappa shape index (κ3) is 3.80. The second-order valence-electron chi connectivity index (χ2n) is 5.10. The molecule has 0 aliphatic carbocycles. The van der Waals surface area contributed by atoms with Gasteiger partial charge in [-0.05, 0) is 25.5 Å². The summed E-state index contributed by atoms with van der Waals surface area (Å²) in [5.74, 6) is 0.448. The molecular weight excluding hydrogens is 308 g/mol. The molecule has 118 valence electrons. The highest BCUT2D eigenvalue weighted by Crippen LogP contribution is 2.20. The van der Waals surface area contributed by atoms with Crippen LogP contribution in [0, 0.1) is 10.1 Å². The number of ether oxygens (including phenoxy) is 1. The lowest BCUT2D eigenvalue weighted by atomic mass is 10.1. The fourth-order valence-electron chi connectivity index (χ4n) is 2.42. The number of fused-ring (bicyclic) bond motifs is 1. The molecule has 1 saturated heterocycles. The van der Waals surface area contributed by atoms with E-state index in [0.717, 1.165) is 13.0 Å². The van der Waals surface area contributed by atoms with Crippen molar-refractivity contribution in [3.05, 3.63) is 34.5 Å². The van der Waals surface area contributed by atoms with Gasteiger partial charge in [0.2, 0.25) is 5.88 Å². The topological polar surface area (TPSA) is 90.2 Å². The lowest BCUT2D eigenvalue weighted by Crippen LogP contribution is -2.38. The Bertz CT molecular complexity index is 662. The largest absolute Gasteiger partial charge is 0.475 e. The molecule has 0 saturated carbocycles. The van der Waals surface area contributed by atoms with Crippen LogP contribution in [0.25, 0.3) is 11.0 Å². The first-order chi connectivity index (χ1) is 10.2. The fourth-order valence-corrected chi connectivity index (χ4v) is 2.42. The van der Waals surface area contributed by atoms with Crippen molar-refractivity contribution in [3.63, 3.8) is 0 Å². The minimum absolute atomic E-state index is 0. The Balaban J connectivity index is 0.00000176. The van der Waals surface area contributed by atoms with E-state index >= 15 is 0 Å². The number of hydrogen-bond donors (Lipinski definition) is 1. The zero-order valence-corrected chi connectivity index (χ0v) is 12.7. The molecule has 0 radical (unpaired) electrons. The van der Waals surface area contributed by atoms with Crippen molar-refractivity contribution < 1.29 is 9.66 Å². The predicted octanol–water partition coefficient (Wildman–Crippen LogP) is 2.48. The molecule has 1 aliphatic rings. The number of hydrogen-bond acceptors (Lipinski definition) is 6. The van der Waals surface area contributed by atoms with Crippen LogP contribution >= 0.6 is 12.4 Å². The summed E-state index contributed by atoms with van der Waals surface area (Å²) in [6.07, 6.45) is 5.04. The van der Waals surface area contributed by atoms with Gasteiger partial charge in [0, 0.05) is 18.2 Å². The average molecular weight is 325 g/mol. The number of rotatable bonds is 4. The Labute approximate surface area is 133 Å². The van der Waals surface area contributed by atoms with E-state index in [9.17, 15) is 10.1 Å². The van der Waals surface area contributed by atoms with Crippen LogP contribution in [0.3, 0.4) is 0 Å². The standard InChI is InChI=1S/C14H16N4O3.ClH/c19-18(20)11-4-5-12-13(7-11)16-8-14(17-12)21-9-10-3-1-2-6-15-10;/h4-5,7-8,10,15H,1-3,6,9H2;1H. The molecule has 1 unspecified atom stereocenters. The third-order valence-electron chi connectivity index (χ3n) is 3.56. The smallest absolute Gasteiger partial charge is 0.271 e. The molecule has 0 amide bonds. The maximum absolute atomic E-state index is 10.7. The van der Waals surface area contributed by atoms with E-state index in [2.05, 4.69) is 15.3 Å². The minimum Gasteiger partial charge on any atom is -0.475 e. The number of nitro benzene ring substituents is 1. The van der Waals surface area contributed by atoms with Crippen LogP contribution in [0.4, 0.5) is 5.69 Å². The molecule has 1 aliphatic heterocycles. The Hall–Kier alpha value is -1.99. The summed E-state index contributed by atoms with van der Waals surface area (Å²) in [5, 5.41) is 14.1. The van der Waals surface area contributed by atoms with E-state index in [4.69, 9.17) is 4.74 Å². The van der Waals surface area contributed by atoms with Crippen LogP contribution in [0.15, 0.2) is 24.4 Å². The van der Waals surface area contributed by atoms with Crippen LogP contribution in [-0.4, -0.2) is 34.1 Å². The Morgan fingerprint density at radius 1 is 1.36 bits per heavy atom. The highest BCUT2D eigenvalue weighted by molar-refractivity contribution is 5.85. The van der Waals surface area contributed by atoms with E-state index in [1.807, 2.05) is 0 Å². The fraction of sp³-hybridized carbons (Fsp3) is 0.429. The van der Waals surface area contributed by atoms with Crippen LogP contribution in [0.1, 0.15) is 19.3 Å². The number of halogens is 1. The van der Waals surface area contributed by atoms with Gasteiger partial charge in [-0.3, -0.25) is 10.1 Å². The van der Waals surface area contributed by atoms with Gasteiger partial charge in [-0.25, -0.2) is 9.97 Å². The third-order valence-corrected chi connectivity index (χ3v) is 3.56. The van der Waals surface area contributed by atoms with Gasteiger partial charge in [-0.1, -0.05) is 6.42 Å². The summed E-state index contributed by atoms with van der Waals surface area (Å²) in [7, 11) is 0. The van der Waals surface area contributed by atoms with Crippen molar-refractivity contribution in [1.29, 1.82) is 0 Å². The van der Waals surface area contributed by atoms with Gasteiger partial charge >= 0.3 is 0 Å². The first kappa shape index (κ1) is 16.4. The molecule has 1 aromatic heterocycles. The summed E-state index contributed by atoms with van der Waals surface area (Å²) in [6.45, 7) is 1.59. The molecule has 2 heterocycles. The van der Waals surface area contributed by atoms with E-state index in [0.29, 0.717) is 29.6 Å². The zero-order valence-electron chi connectivity index (χ0n) is 11.9. The van der Waals surface area contributed by atoms with Gasteiger partial charge in [0.25, 0.3) is 5.69 Å². The summed E-state index contributed by atoms with van der Waals surface area (Å²) >= 11 is 0. The average Bonchev–Trinajstić information content (AvgIpc) is 2.53. The Kier molecular flexibility index (Phi) is 5.46. The molecule has 0 bridgehead atoms. The van der Waals surface area contributed by atoms with Crippen molar-refractivity contribution in [1.82, 2.24) is 15.3 Å². The van der Waals surface area contributed by atoms with Crippen molar-refractivity contribution >= 4 is 29.1 Å². The van der Waals surface area contributed by atoms with Gasteiger partial charge in [0.15, 0.2) is 0 Å². The quantitative estimate of drug-likeness (QED) is 0.686. The first-order valence-corrected chi connectivity index (χ1v) is 7.00. The lowest BCUT2D eigenvalue weighted by Gasteiger charge is -2.23. The Morgan fingerprint density at radius 2 is 2.23 bits per heavy atom. The minimum atomic E-state index is -0.444.